The minimum Gasteiger partial charge on any atom is -0.385 e. The molecule has 1 aliphatic carbocycles. The lowest BCUT2D eigenvalue weighted by atomic mass is 9.78. The molecular weight excluding hydrogens is 428 g/mol. The van der Waals surface area contributed by atoms with Gasteiger partial charge in [0.1, 0.15) is 17.7 Å². The third kappa shape index (κ3) is 6.02. The lowest BCUT2D eigenvalue weighted by Crippen LogP contribution is -2.16. The SMILES string of the molecule is COCCC1CCC(CCc2ccc3c(F)c(CCc4ccc(C#N)c(F)c4)ccc3c2)CC1. The summed E-state index contributed by atoms with van der Waals surface area (Å²) >= 11 is 0. The topological polar surface area (TPSA) is 33.0 Å². The van der Waals surface area contributed by atoms with E-state index < -0.39 is 5.82 Å². The molecule has 0 saturated heterocycles. The van der Waals surface area contributed by atoms with Crippen LogP contribution in [-0.4, -0.2) is 13.7 Å². The van der Waals surface area contributed by atoms with E-state index in [2.05, 4.69) is 12.1 Å². The van der Waals surface area contributed by atoms with E-state index in [1.54, 1.807) is 13.2 Å². The first kappa shape index (κ1) is 24.4. The van der Waals surface area contributed by atoms with E-state index in [4.69, 9.17) is 10.00 Å². The van der Waals surface area contributed by atoms with Crippen molar-refractivity contribution in [2.75, 3.05) is 13.7 Å². The quantitative estimate of drug-likeness (QED) is 0.330. The van der Waals surface area contributed by atoms with Gasteiger partial charge in [0.15, 0.2) is 0 Å². The smallest absolute Gasteiger partial charge is 0.141 e. The van der Waals surface area contributed by atoms with Crippen molar-refractivity contribution in [2.45, 2.75) is 57.8 Å². The fourth-order valence-electron chi connectivity index (χ4n) is 5.28. The van der Waals surface area contributed by atoms with Gasteiger partial charge in [0.2, 0.25) is 0 Å². The summed E-state index contributed by atoms with van der Waals surface area (Å²) in [6.45, 7) is 0.874. The first-order chi connectivity index (χ1) is 16.6. The van der Waals surface area contributed by atoms with Gasteiger partial charge in [-0.1, -0.05) is 62.1 Å². The number of hydrogen-bond donors (Lipinski definition) is 0. The van der Waals surface area contributed by atoms with Crippen LogP contribution in [0, 0.1) is 34.8 Å². The van der Waals surface area contributed by atoms with Gasteiger partial charge in [-0.25, -0.2) is 8.78 Å². The van der Waals surface area contributed by atoms with E-state index in [1.165, 1.54) is 56.2 Å². The Morgan fingerprint density at radius 1 is 0.853 bits per heavy atom. The highest BCUT2D eigenvalue weighted by Crippen LogP contribution is 2.33. The van der Waals surface area contributed by atoms with Gasteiger partial charge in [0.05, 0.1) is 5.56 Å². The molecule has 0 spiro atoms. The Labute approximate surface area is 201 Å². The normalized spacial score (nSPS) is 18.2. The van der Waals surface area contributed by atoms with Crippen LogP contribution >= 0.6 is 0 Å². The van der Waals surface area contributed by atoms with Crippen LogP contribution in [0.1, 0.15) is 60.8 Å². The lowest BCUT2D eigenvalue weighted by molar-refractivity contribution is 0.155. The van der Waals surface area contributed by atoms with Crippen LogP contribution in [0.25, 0.3) is 10.8 Å². The van der Waals surface area contributed by atoms with Crippen LogP contribution < -0.4 is 0 Å². The van der Waals surface area contributed by atoms with E-state index in [1.807, 2.05) is 24.3 Å². The number of rotatable bonds is 9. The molecule has 0 radical (unpaired) electrons. The highest BCUT2D eigenvalue weighted by Gasteiger charge is 2.21. The number of ether oxygens (including phenoxy) is 1. The van der Waals surface area contributed by atoms with Crippen LogP contribution in [0.3, 0.4) is 0 Å². The fourth-order valence-corrected chi connectivity index (χ4v) is 5.28. The summed E-state index contributed by atoms with van der Waals surface area (Å²) < 4.78 is 34.2. The van der Waals surface area contributed by atoms with Crippen molar-refractivity contribution >= 4 is 10.8 Å². The van der Waals surface area contributed by atoms with Gasteiger partial charge in [-0.2, -0.15) is 5.26 Å². The molecule has 0 bridgehead atoms. The minimum atomic E-state index is -0.523. The van der Waals surface area contributed by atoms with Gasteiger partial charge < -0.3 is 4.74 Å². The van der Waals surface area contributed by atoms with Gasteiger partial charge in [-0.3, -0.25) is 0 Å². The fraction of sp³-hybridized carbons (Fsp3) is 0.433. The molecule has 0 amide bonds. The van der Waals surface area contributed by atoms with E-state index in [9.17, 15) is 4.39 Å². The zero-order valence-corrected chi connectivity index (χ0v) is 20.0. The average Bonchev–Trinajstić information content (AvgIpc) is 2.86. The highest BCUT2D eigenvalue weighted by atomic mass is 19.1. The molecule has 1 saturated carbocycles. The number of halogens is 2. The molecule has 0 aromatic heterocycles. The summed E-state index contributed by atoms with van der Waals surface area (Å²) in [4.78, 5) is 0. The van der Waals surface area contributed by atoms with Crippen molar-refractivity contribution in [3.63, 3.8) is 0 Å². The lowest BCUT2D eigenvalue weighted by Gasteiger charge is -2.28. The van der Waals surface area contributed by atoms with Crippen molar-refractivity contribution < 1.29 is 13.5 Å². The van der Waals surface area contributed by atoms with Crippen LogP contribution in [0.15, 0.2) is 48.5 Å². The second kappa shape index (κ2) is 11.6. The van der Waals surface area contributed by atoms with Crippen molar-refractivity contribution in [3.05, 3.63) is 82.4 Å². The number of nitrogens with zero attached hydrogens (tertiary/aromatic N) is 1. The number of hydrogen-bond acceptors (Lipinski definition) is 2. The van der Waals surface area contributed by atoms with E-state index in [0.717, 1.165) is 35.8 Å². The largest absolute Gasteiger partial charge is 0.385 e. The maximum Gasteiger partial charge on any atom is 0.141 e. The molecular formula is C30H33F2NO. The van der Waals surface area contributed by atoms with E-state index >= 15 is 4.39 Å². The molecule has 0 unspecified atom stereocenters. The van der Waals surface area contributed by atoms with Gasteiger partial charge in [-0.05, 0) is 78.1 Å². The third-order valence-corrected chi connectivity index (χ3v) is 7.47. The van der Waals surface area contributed by atoms with Gasteiger partial charge in [-0.15, -0.1) is 0 Å². The number of methoxy groups -OCH3 is 1. The van der Waals surface area contributed by atoms with Gasteiger partial charge >= 0.3 is 0 Å². The van der Waals surface area contributed by atoms with Crippen molar-refractivity contribution in [1.82, 2.24) is 0 Å². The number of benzene rings is 3. The molecule has 0 aliphatic heterocycles. The highest BCUT2D eigenvalue weighted by molar-refractivity contribution is 5.84. The Morgan fingerprint density at radius 3 is 2.26 bits per heavy atom. The second-order valence-electron chi connectivity index (χ2n) is 9.73. The number of nitriles is 1. The van der Waals surface area contributed by atoms with E-state index in [0.29, 0.717) is 23.8 Å². The zero-order chi connectivity index (χ0) is 23.9. The number of aryl methyl sites for hydroxylation is 3. The predicted octanol–water partition coefficient (Wildman–Crippen LogP) is 7.55. The van der Waals surface area contributed by atoms with Crippen LogP contribution in [-0.2, 0) is 24.0 Å². The Balaban J connectivity index is 1.34. The maximum absolute atomic E-state index is 15.2. The van der Waals surface area contributed by atoms with Crippen LogP contribution in [0.4, 0.5) is 8.78 Å². The van der Waals surface area contributed by atoms with Crippen molar-refractivity contribution in [1.29, 1.82) is 5.26 Å². The molecule has 3 aromatic rings. The Bertz CT molecular complexity index is 1160. The van der Waals surface area contributed by atoms with Gasteiger partial charge in [0, 0.05) is 19.1 Å². The molecule has 1 fully saturated rings. The van der Waals surface area contributed by atoms with Crippen LogP contribution in [0.2, 0.25) is 0 Å². The molecule has 3 aromatic carbocycles. The first-order valence-electron chi connectivity index (χ1n) is 12.4. The second-order valence-corrected chi connectivity index (χ2v) is 9.73. The summed E-state index contributed by atoms with van der Waals surface area (Å²) in [6.07, 6.45) is 9.68. The molecule has 2 nitrogen and oxygen atoms in total. The molecule has 4 rings (SSSR count). The molecule has 34 heavy (non-hydrogen) atoms. The molecule has 0 N–H and O–H groups in total. The molecule has 0 heterocycles. The predicted molar refractivity (Wildman–Crippen MR) is 133 cm³/mol. The first-order valence-corrected chi connectivity index (χ1v) is 12.4. The number of fused-ring (bicyclic) bond motifs is 1. The molecule has 1 aliphatic rings. The molecule has 0 atom stereocenters. The Hall–Kier alpha value is -2.77. The molecule has 4 heteroatoms. The summed E-state index contributed by atoms with van der Waals surface area (Å²) in [5.41, 5.74) is 2.70. The summed E-state index contributed by atoms with van der Waals surface area (Å²) in [6, 6.07) is 16.4. The monoisotopic (exact) mass is 461 g/mol. The minimum absolute atomic E-state index is 0.0335. The van der Waals surface area contributed by atoms with Gasteiger partial charge in [0.25, 0.3) is 0 Å². The molecule has 178 valence electrons. The standard InChI is InChI=1S/C30H33F2NO/c1-34-17-16-22-4-2-21(3-5-22)6-7-23-10-15-28-26(18-23)14-13-25(30(28)32)11-8-24-9-12-27(20-33)29(31)19-24/h9-10,12-15,18-19,21-22H,2-8,11,16-17H2,1H3. The Kier molecular flexibility index (Phi) is 8.29. The van der Waals surface area contributed by atoms with Crippen molar-refractivity contribution in [3.8, 4) is 6.07 Å². The summed E-state index contributed by atoms with van der Waals surface area (Å²) in [5.74, 6) is 0.906. The van der Waals surface area contributed by atoms with E-state index in [-0.39, 0.29) is 11.4 Å². The maximum atomic E-state index is 15.2. The van der Waals surface area contributed by atoms with Crippen LogP contribution in [0.5, 0.6) is 0 Å². The zero-order valence-electron chi connectivity index (χ0n) is 20.0. The Morgan fingerprint density at radius 2 is 1.56 bits per heavy atom. The average molecular weight is 462 g/mol. The summed E-state index contributed by atoms with van der Waals surface area (Å²) in [5, 5.41) is 10.4. The third-order valence-electron chi connectivity index (χ3n) is 7.47. The summed E-state index contributed by atoms with van der Waals surface area (Å²) in [7, 11) is 1.78. The van der Waals surface area contributed by atoms with Crippen molar-refractivity contribution in [2.24, 2.45) is 11.8 Å².